The Bertz CT molecular complexity index is 1080. The summed E-state index contributed by atoms with van der Waals surface area (Å²) in [6, 6.07) is 11.4. The van der Waals surface area contributed by atoms with Crippen LogP contribution in [0.25, 0.3) is 16.9 Å². The molecule has 1 aromatic carbocycles. The maximum atomic E-state index is 12.4. The number of hydrogen-bond donors (Lipinski definition) is 2. The van der Waals surface area contributed by atoms with Gasteiger partial charge in [-0.05, 0) is 30.0 Å². The van der Waals surface area contributed by atoms with E-state index in [2.05, 4.69) is 31.7 Å². The highest BCUT2D eigenvalue weighted by Crippen LogP contribution is 2.19. The largest absolute Gasteiger partial charge is 0.497 e. The van der Waals surface area contributed by atoms with Crippen molar-refractivity contribution in [3.63, 3.8) is 0 Å². The minimum Gasteiger partial charge on any atom is -0.497 e. The van der Waals surface area contributed by atoms with E-state index >= 15 is 0 Å². The molecule has 8 heteroatoms. The minimum absolute atomic E-state index is 0.265. The maximum Gasteiger partial charge on any atom is 0.332 e. The second-order valence-corrected chi connectivity index (χ2v) is 6.69. The molecule has 0 saturated heterocycles. The molecule has 0 bridgehead atoms. The number of ether oxygens (including phenoxy) is 1. The first-order chi connectivity index (χ1) is 12.7. The molecule has 132 valence electrons. The summed E-state index contributed by atoms with van der Waals surface area (Å²) in [4.78, 5) is 25.3. The van der Waals surface area contributed by atoms with Crippen molar-refractivity contribution in [3.8, 4) is 11.4 Å². The number of H-pyrrole nitrogens is 1. The SMILES string of the molecule is COc1cccc(-n2c(=O)[nH]c3cnc(NCCc4cccs4)nc32)c1. The third kappa shape index (κ3) is 3.18. The van der Waals surface area contributed by atoms with Gasteiger partial charge in [0.25, 0.3) is 0 Å². The number of rotatable bonds is 6. The second kappa shape index (κ2) is 7.01. The van der Waals surface area contributed by atoms with Crippen molar-refractivity contribution < 1.29 is 4.74 Å². The van der Waals surface area contributed by atoms with Crippen LogP contribution in [0.3, 0.4) is 0 Å². The molecule has 0 amide bonds. The molecule has 2 N–H and O–H groups in total. The molecule has 0 fully saturated rings. The van der Waals surface area contributed by atoms with Gasteiger partial charge in [0.05, 0.1) is 19.0 Å². The van der Waals surface area contributed by atoms with Crippen LogP contribution in [0.4, 0.5) is 5.95 Å². The van der Waals surface area contributed by atoms with Crippen LogP contribution in [0.1, 0.15) is 4.88 Å². The van der Waals surface area contributed by atoms with Gasteiger partial charge in [0.15, 0.2) is 5.65 Å². The van der Waals surface area contributed by atoms with E-state index in [1.165, 1.54) is 9.44 Å². The smallest absolute Gasteiger partial charge is 0.332 e. The highest BCUT2D eigenvalue weighted by molar-refractivity contribution is 7.09. The Labute approximate surface area is 153 Å². The Balaban J connectivity index is 1.65. The molecule has 0 aliphatic carbocycles. The summed E-state index contributed by atoms with van der Waals surface area (Å²) in [7, 11) is 1.59. The molecule has 0 aliphatic heterocycles. The van der Waals surface area contributed by atoms with Crippen LogP contribution in [0, 0.1) is 0 Å². The van der Waals surface area contributed by atoms with Gasteiger partial charge in [-0.15, -0.1) is 11.3 Å². The van der Waals surface area contributed by atoms with Crippen molar-refractivity contribution in [2.24, 2.45) is 0 Å². The molecule has 0 spiro atoms. The van der Waals surface area contributed by atoms with Gasteiger partial charge < -0.3 is 15.0 Å². The molecule has 0 atom stereocenters. The Morgan fingerprint density at radius 2 is 2.23 bits per heavy atom. The van der Waals surface area contributed by atoms with Crippen LogP contribution in [0.2, 0.25) is 0 Å². The standard InChI is InChI=1S/C18H17N5O2S/c1-25-13-5-2-4-12(10-13)23-16-15(21-18(23)24)11-20-17(22-16)19-8-7-14-6-3-9-26-14/h2-6,9-11H,7-8H2,1H3,(H,21,24)(H,19,20,22). The van der Waals surface area contributed by atoms with Gasteiger partial charge in [-0.2, -0.15) is 4.98 Å². The summed E-state index contributed by atoms with van der Waals surface area (Å²) in [5.41, 5.74) is 1.53. The summed E-state index contributed by atoms with van der Waals surface area (Å²) in [5, 5.41) is 5.28. The molecular formula is C18H17N5O2S. The van der Waals surface area contributed by atoms with Crippen molar-refractivity contribution in [2.75, 3.05) is 19.0 Å². The summed E-state index contributed by atoms with van der Waals surface area (Å²) < 4.78 is 6.77. The lowest BCUT2D eigenvalue weighted by Gasteiger charge is -2.07. The molecule has 3 heterocycles. The lowest BCUT2D eigenvalue weighted by atomic mass is 10.3. The average molecular weight is 367 g/mol. The van der Waals surface area contributed by atoms with Crippen LogP contribution in [0.15, 0.2) is 52.8 Å². The third-order valence-corrected chi connectivity index (χ3v) is 4.91. The fraction of sp³-hybridized carbons (Fsp3) is 0.167. The number of imidazole rings is 1. The number of thiophene rings is 1. The number of aromatic amines is 1. The molecule has 0 unspecified atom stereocenters. The Kier molecular flexibility index (Phi) is 4.40. The normalized spacial score (nSPS) is 11.0. The summed E-state index contributed by atoms with van der Waals surface area (Å²) in [6.07, 6.45) is 2.52. The Hall–Kier alpha value is -3.13. The third-order valence-electron chi connectivity index (χ3n) is 3.97. The molecule has 0 saturated carbocycles. The zero-order chi connectivity index (χ0) is 17.9. The van der Waals surface area contributed by atoms with Crippen LogP contribution in [0.5, 0.6) is 5.75 Å². The van der Waals surface area contributed by atoms with Crippen LogP contribution >= 0.6 is 11.3 Å². The highest BCUT2D eigenvalue weighted by atomic mass is 32.1. The van der Waals surface area contributed by atoms with E-state index in [9.17, 15) is 4.79 Å². The van der Waals surface area contributed by atoms with E-state index in [0.717, 1.165) is 13.0 Å². The Morgan fingerprint density at radius 3 is 3.04 bits per heavy atom. The summed E-state index contributed by atoms with van der Waals surface area (Å²) >= 11 is 1.72. The molecule has 4 rings (SSSR count). The molecule has 26 heavy (non-hydrogen) atoms. The van der Waals surface area contributed by atoms with Crippen molar-refractivity contribution in [1.29, 1.82) is 0 Å². The second-order valence-electron chi connectivity index (χ2n) is 5.65. The zero-order valence-corrected chi connectivity index (χ0v) is 14.9. The van der Waals surface area contributed by atoms with E-state index in [1.54, 1.807) is 30.7 Å². The van der Waals surface area contributed by atoms with E-state index in [-0.39, 0.29) is 5.69 Å². The average Bonchev–Trinajstić information content (AvgIpc) is 3.28. The van der Waals surface area contributed by atoms with Gasteiger partial charge in [0, 0.05) is 17.5 Å². The van der Waals surface area contributed by atoms with Crippen molar-refractivity contribution in [2.45, 2.75) is 6.42 Å². The molecular weight excluding hydrogens is 350 g/mol. The van der Waals surface area contributed by atoms with Crippen molar-refractivity contribution >= 4 is 28.4 Å². The predicted molar refractivity (Wildman–Crippen MR) is 103 cm³/mol. The van der Waals surface area contributed by atoms with Gasteiger partial charge in [-0.25, -0.2) is 14.3 Å². The van der Waals surface area contributed by atoms with Crippen molar-refractivity contribution in [3.05, 3.63) is 63.3 Å². The summed E-state index contributed by atoms with van der Waals surface area (Å²) in [5.74, 6) is 1.16. The molecule has 7 nitrogen and oxygen atoms in total. The first kappa shape index (κ1) is 16.3. The summed E-state index contributed by atoms with van der Waals surface area (Å²) in [6.45, 7) is 0.722. The first-order valence-electron chi connectivity index (χ1n) is 8.13. The number of aromatic nitrogens is 4. The topological polar surface area (TPSA) is 84.8 Å². The monoisotopic (exact) mass is 367 g/mol. The maximum absolute atomic E-state index is 12.4. The van der Waals surface area contributed by atoms with Gasteiger partial charge in [0.2, 0.25) is 5.95 Å². The molecule has 3 aromatic heterocycles. The van der Waals surface area contributed by atoms with Crippen LogP contribution in [-0.2, 0) is 6.42 Å². The van der Waals surface area contributed by atoms with Gasteiger partial charge in [0.1, 0.15) is 11.3 Å². The van der Waals surface area contributed by atoms with Crippen LogP contribution < -0.4 is 15.7 Å². The number of anilines is 1. The van der Waals surface area contributed by atoms with Crippen LogP contribution in [-0.4, -0.2) is 33.2 Å². The fourth-order valence-electron chi connectivity index (χ4n) is 2.73. The Morgan fingerprint density at radius 1 is 1.31 bits per heavy atom. The lowest BCUT2D eigenvalue weighted by molar-refractivity contribution is 0.414. The fourth-order valence-corrected chi connectivity index (χ4v) is 3.43. The lowest BCUT2D eigenvalue weighted by Crippen LogP contribution is -2.15. The predicted octanol–water partition coefficient (Wildman–Crippen LogP) is 2.83. The number of benzene rings is 1. The van der Waals surface area contributed by atoms with E-state index in [1.807, 2.05) is 24.3 Å². The quantitative estimate of drug-likeness (QED) is 0.547. The number of nitrogens with zero attached hydrogens (tertiary/aromatic N) is 3. The number of hydrogen-bond acceptors (Lipinski definition) is 6. The van der Waals surface area contributed by atoms with Gasteiger partial charge in [-0.1, -0.05) is 12.1 Å². The number of methoxy groups -OCH3 is 1. The zero-order valence-electron chi connectivity index (χ0n) is 14.1. The first-order valence-corrected chi connectivity index (χ1v) is 9.01. The van der Waals surface area contributed by atoms with E-state index in [0.29, 0.717) is 28.5 Å². The van der Waals surface area contributed by atoms with Gasteiger partial charge in [-0.3, -0.25) is 0 Å². The van der Waals surface area contributed by atoms with Gasteiger partial charge >= 0.3 is 5.69 Å². The van der Waals surface area contributed by atoms with E-state index < -0.39 is 0 Å². The highest BCUT2D eigenvalue weighted by Gasteiger charge is 2.12. The number of nitrogens with one attached hydrogen (secondary N) is 2. The van der Waals surface area contributed by atoms with Crippen molar-refractivity contribution in [1.82, 2.24) is 19.5 Å². The van der Waals surface area contributed by atoms with E-state index in [4.69, 9.17) is 4.74 Å². The molecule has 0 radical (unpaired) electrons. The minimum atomic E-state index is -0.265. The molecule has 4 aromatic rings. The molecule has 0 aliphatic rings. The number of fused-ring (bicyclic) bond motifs is 1.